The summed E-state index contributed by atoms with van der Waals surface area (Å²) in [5.74, 6) is -1.86. The Hall–Kier alpha value is -4.88. The SMILES string of the molecule is COC(=O)CCC(=O)On1nnc2ccccc21.COC(=O)CCCC(=O)On1nnc2ccccc21. The predicted octanol–water partition coefficient (Wildman–Crippen LogP) is 1.07. The van der Waals surface area contributed by atoms with Crippen molar-refractivity contribution in [1.82, 2.24) is 30.3 Å². The lowest BCUT2D eigenvalue weighted by Crippen LogP contribution is -2.21. The quantitative estimate of drug-likeness (QED) is 0.231. The van der Waals surface area contributed by atoms with Crippen LogP contribution >= 0.6 is 0 Å². The fraction of sp³-hybridized carbons (Fsp3) is 0.304. The van der Waals surface area contributed by atoms with Gasteiger partial charge in [0.05, 0.1) is 27.1 Å². The summed E-state index contributed by atoms with van der Waals surface area (Å²) in [4.78, 5) is 56.9. The second kappa shape index (κ2) is 13.3. The van der Waals surface area contributed by atoms with E-state index in [0.29, 0.717) is 28.5 Å². The minimum atomic E-state index is -0.573. The second-order valence-corrected chi connectivity index (χ2v) is 7.33. The van der Waals surface area contributed by atoms with E-state index in [4.69, 9.17) is 9.68 Å². The first kappa shape index (κ1) is 26.7. The average molecular weight is 512 g/mol. The van der Waals surface area contributed by atoms with E-state index in [1.165, 1.54) is 14.2 Å². The van der Waals surface area contributed by atoms with Crippen LogP contribution in [-0.2, 0) is 28.7 Å². The number of hydrogen-bond donors (Lipinski definition) is 0. The highest BCUT2D eigenvalue weighted by atomic mass is 16.7. The molecule has 194 valence electrons. The van der Waals surface area contributed by atoms with Gasteiger partial charge in [0.2, 0.25) is 0 Å². The van der Waals surface area contributed by atoms with Gasteiger partial charge in [-0.2, -0.15) is 0 Å². The maximum Gasteiger partial charge on any atom is 0.335 e. The molecule has 0 N–H and O–H groups in total. The van der Waals surface area contributed by atoms with Crippen molar-refractivity contribution in [2.75, 3.05) is 14.2 Å². The van der Waals surface area contributed by atoms with Crippen LogP contribution in [0.3, 0.4) is 0 Å². The summed E-state index contributed by atoms with van der Waals surface area (Å²) in [7, 11) is 2.57. The van der Waals surface area contributed by atoms with E-state index in [9.17, 15) is 19.2 Å². The molecule has 0 bridgehead atoms. The molecule has 14 heteroatoms. The number of hydrogen-bond acceptors (Lipinski definition) is 12. The van der Waals surface area contributed by atoms with Gasteiger partial charge in [-0.25, -0.2) is 9.59 Å². The minimum absolute atomic E-state index is 0.0258. The van der Waals surface area contributed by atoms with E-state index in [1.54, 1.807) is 42.5 Å². The number of para-hydroxylation sites is 2. The number of carbonyl (C=O) groups excluding carboxylic acids is 4. The molecule has 0 amide bonds. The van der Waals surface area contributed by atoms with Crippen molar-refractivity contribution >= 4 is 45.9 Å². The zero-order chi connectivity index (χ0) is 26.6. The van der Waals surface area contributed by atoms with Crippen LogP contribution in [0.1, 0.15) is 32.1 Å². The molecule has 0 unspecified atom stereocenters. The number of ether oxygens (including phenoxy) is 2. The lowest BCUT2D eigenvalue weighted by molar-refractivity contribution is -0.150. The first-order chi connectivity index (χ1) is 17.9. The molecule has 0 saturated heterocycles. The molecular formula is C23H24N6O8. The maximum atomic E-state index is 11.6. The predicted molar refractivity (Wildman–Crippen MR) is 125 cm³/mol. The molecule has 0 aliphatic carbocycles. The Kier molecular flexibility index (Phi) is 9.59. The molecule has 0 radical (unpaired) electrons. The van der Waals surface area contributed by atoms with Gasteiger partial charge in [-0.3, -0.25) is 9.59 Å². The van der Waals surface area contributed by atoms with Crippen LogP contribution < -0.4 is 9.68 Å². The lowest BCUT2D eigenvalue weighted by Gasteiger charge is -2.02. The summed E-state index contributed by atoms with van der Waals surface area (Å²) in [5, 5.41) is 15.1. The average Bonchev–Trinajstić information content (AvgIpc) is 3.51. The first-order valence-corrected chi connectivity index (χ1v) is 11.1. The van der Waals surface area contributed by atoms with Gasteiger partial charge in [-0.15, -0.1) is 10.2 Å². The third-order valence-corrected chi connectivity index (χ3v) is 4.77. The number of nitrogens with zero attached hydrogens (tertiary/aromatic N) is 6. The Morgan fingerprint density at radius 1 is 0.622 bits per heavy atom. The third kappa shape index (κ3) is 7.81. The minimum Gasteiger partial charge on any atom is -0.469 e. The van der Waals surface area contributed by atoms with Crippen LogP contribution in [0.4, 0.5) is 0 Å². The van der Waals surface area contributed by atoms with E-state index < -0.39 is 17.9 Å². The molecule has 0 aliphatic rings. The Morgan fingerprint density at radius 3 is 1.54 bits per heavy atom. The monoisotopic (exact) mass is 512 g/mol. The van der Waals surface area contributed by atoms with Gasteiger partial charge in [-0.1, -0.05) is 34.0 Å². The molecule has 0 saturated carbocycles. The highest BCUT2D eigenvalue weighted by Crippen LogP contribution is 2.09. The number of benzene rings is 2. The fourth-order valence-corrected chi connectivity index (χ4v) is 2.90. The number of methoxy groups -OCH3 is 2. The lowest BCUT2D eigenvalue weighted by atomic mass is 10.2. The summed E-state index contributed by atoms with van der Waals surface area (Å²) >= 11 is 0. The van der Waals surface area contributed by atoms with Crippen molar-refractivity contribution in [2.45, 2.75) is 32.1 Å². The number of aromatic nitrogens is 6. The van der Waals surface area contributed by atoms with Crippen molar-refractivity contribution in [3.63, 3.8) is 0 Å². The summed E-state index contributed by atoms with van der Waals surface area (Å²) in [6.07, 6.45) is 0.577. The first-order valence-electron chi connectivity index (χ1n) is 11.1. The van der Waals surface area contributed by atoms with E-state index in [-0.39, 0.29) is 31.7 Å². The topological polar surface area (TPSA) is 167 Å². The van der Waals surface area contributed by atoms with Gasteiger partial charge in [0, 0.05) is 12.8 Å². The molecule has 14 nitrogen and oxygen atoms in total. The standard InChI is InChI=1S/C12H13N3O4.C11H11N3O4/c1-18-11(16)7-4-8-12(17)19-15-10-6-3-2-5-9(10)13-14-15;1-17-10(15)6-7-11(16)18-14-9-5-3-2-4-8(9)12-13-14/h2-3,5-6H,4,7-8H2,1H3;2-5H,6-7H2,1H3. The maximum absolute atomic E-state index is 11.6. The zero-order valence-corrected chi connectivity index (χ0v) is 20.1. The zero-order valence-electron chi connectivity index (χ0n) is 20.1. The normalized spacial score (nSPS) is 10.3. The third-order valence-electron chi connectivity index (χ3n) is 4.77. The van der Waals surface area contributed by atoms with Gasteiger partial charge in [0.1, 0.15) is 22.1 Å². The van der Waals surface area contributed by atoms with E-state index in [2.05, 4.69) is 30.1 Å². The fourth-order valence-electron chi connectivity index (χ4n) is 2.90. The van der Waals surface area contributed by atoms with E-state index >= 15 is 0 Å². The Balaban J connectivity index is 0.000000206. The van der Waals surface area contributed by atoms with Crippen molar-refractivity contribution in [3.05, 3.63) is 48.5 Å². The number of esters is 2. The van der Waals surface area contributed by atoms with Crippen molar-refractivity contribution < 1.29 is 38.3 Å². The molecule has 2 heterocycles. The molecule has 0 aliphatic heterocycles. The van der Waals surface area contributed by atoms with E-state index in [0.717, 1.165) is 9.69 Å². The smallest absolute Gasteiger partial charge is 0.335 e. The second-order valence-electron chi connectivity index (χ2n) is 7.33. The molecule has 0 atom stereocenters. The largest absolute Gasteiger partial charge is 0.469 e. The molecule has 4 rings (SSSR count). The number of fused-ring (bicyclic) bond motifs is 2. The molecule has 37 heavy (non-hydrogen) atoms. The van der Waals surface area contributed by atoms with Gasteiger partial charge < -0.3 is 19.1 Å². The molecule has 2 aromatic heterocycles. The Morgan fingerprint density at radius 2 is 1.03 bits per heavy atom. The molecule has 4 aromatic rings. The van der Waals surface area contributed by atoms with Crippen molar-refractivity contribution in [2.24, 2.45) is 0 Å². The highest BCUT2D eigenvalue weighted by molar-refractivity contribution is 5.79. The number of carbonyl (C=O) groups is 4. The Labute approximate surface area is 209 Å². The van der Waals surface area contributed by atoms with Crippen LogP contribution in [0.2, 0.25) is 0 Å². The summed E-state index contributed by atoms with van der Waals surface area (Å²) in [6, 6.07) is 14.2. The van der Waals surface area contributed by atoms with Crippen LogP contribution in [-0.4, -0.2) is 68.4 Å². The van der Waals surface area contributed by atoms with Crippen LogP contribution in [0.25, 0.3) is 22.1 Å². The van der Waals surface area contributed by atoms with Crippen molar-refractivity contribution in [1.29, 1.82) is 0 Å². The Bertz CT molecular complexity index is 1380. The molecule has 2 aromatic carbocycles. The summed E-state index contributed by atoms with van der Waals surface area (Å²) in [5.41, 5.74) is 2.47. The van der Waals surface area contributed by atoms with Crippen LogP contribution in [0.15, 0.2) is 48.5 Å². The van der Waals surface area contributed by atoms with Crippen molar-refractivity contribution in [3.8, 4) is 0 Å². The van der Waals surface area contributed by atoms with E-state index in [1.807, 2.05) is 6.07 Å². The van der Waals surface area contributed by atoms with Crippen LogP contribution in [0, 0.1) is 0 Å². The summed E-state index contributed by atoms with van der Waals surface area (Å²) in [6.45, 7) is 0. The van der Waals surface area contributed by atoms with Gasteiger partial charge in [0.15, 0.2) is 0 Å². The van der Waals surface area contributed by atoms with Gasteiger partial charge >= 0.3 is 23.9 Å². The van der Waals surface area contributed by atoms with Gasteiger partial charge in [0.25, 0.3) is 0 Å². The highest BCUT2D eigenvalue weighted by Gasteiger charge is 2.12. The number of rotatable bonds is 9. The van der Waals surface area contributed by atoms with Gasteiger partial charge in [-0.05, 0) is 41.1 Å². The summed E-state index contributed by atoms with van der Waals surface area (Å²) < 4.78 is 8.90. The molecule has 0 fully saturated rings. The molecule has 0 spiro atoms. The van der Waals surface area contributed by atoms with Crippen LogP contribution in [0.5, 0.6) is 0 Å². The molecular weight excluding hydrogens is 488 g/mol.